The van der Waals surface area contributed by atoms with Crippen LogP contribution in [0.5, 0.6) is 11.5 Å². The third-order valence-corrected chi connectivity index (χ3v) is 3.88. The van der Waals surface area contributed by atoms with Gasteiger partial charge in [0.1, 0.15) is 11.5 Å². The van der Waals surface area contributed by atoms with Gasteiger partial charge in [-0.05, 0) is 53.6 Å². The van der Waals surface area contributed by atoms with Crippen molar-refractivity contribution in [2.75, 3.05) is 0 Å². The maximum absolute atomic E-state index is 10.3. The molecule has 2 aromatic carbocycles. The average molecular weight is 270 g/mol. The summed E-state index contributed by atoms with van der Waals surface area (Å²) in [5.74, 6) is 0.492. The molecule has 0 heterocycles. The van der Waals surface area contributed by atoms with Crippen LogP contribution in [0.4, 0.5) is 0 Å². The summed E-state index contributed by atoms with van der Waals surface area (Å²) in [7, 11) is 0. The molecule has 0 saturated heterocycles. The van der Waals surface area contributed by atoms with Gasteiger partial charge < -0.3 is 10.2 Å². The van der Waals surface area contributed by atoms with Gasteiger partial charge in [-0.25, -0.2) is 0 Å². The Bertz CT molecular complexity index is 615. The van der Waals surface area contributed by atoms with Crippen molar-refractivity contribution in [2.24, 2.45) is 0 Å². The minimum absolute atomic E-state index is 0.239. The summed E-state index contributed by atoms with van der Waals surface area (Å²) in [6.45, 7) is 6.22. The molecule has 0 unspecified atom stereocenters. The molecule has 0 aromatic heterocycles. The first-order chi connectivity index (χ1) is 9.62. The molecule has 106 valence electrons. The second-order valence-corrected chi connectivity index (χ2v) is 5.00. The van der Waals surface area contributed by atoms with Crippen LogP contribution in [0.1, 0.15) is 37.5 Å². The normalized spacial score (nSPS) is 10.8. The Morgan fingerprint density at radius 2 is 1.45 bits per heavy atom. The van der Waals surface area contributed by atoms with E-state index in [1.165, 1.54) is 11.1 Å². The Kier molecular flexibility index (Phi) is 4.33. The monoisotopic (exact) mass is 270 g/mol. The minimum atomic E-state index is 0.239. The summed E-state index contributed by atoms with van der Waals surface area (Å²) in [6, 6.07) is 9.50. The number of benzene rings is 2. The van der Waals surface area contributed by atoms with Crippen molar-refractivity contribution < 1.29 is 10.2 Å². The highest BCUT2D eigenvalue weighted by atomic mass is 16.3. The van der Waals surface area contributed by atoms with E-state index in [4.69, 9.17) is 0 Å². The van der Waals surface area contributed by atoms with Gasteiger partial charge in [0.2, 0.25) is 0 Å². The van der Waals surface area contributed by atoms with Crippen molar-refractivity contribution >= 4 is 0 Å². The molecule has 0 saturated carbocycles. The number of aromatic hydroxyl groups is 2. The molecule has 2 rings (SSSR count). The third kappa shape index (κ3) is 2.51. The van der Waals surface area contributed by atoms with E-state index in [1.807, 2.05) is 19.1 Å². The fourth-order valence-corrected chi connectivity index (χ4v) is 2.75. The molecule has 0 radical (unpaired) electrons. The van der Waals surface area contributed by atoms with Gasteiger partial charge in [0.05, 0.1) is 0 Å². The minimum Gasteiger partial charge on any atom is -0.508 e. The number of aryl methyl sites for hydroxylation is 2. The Morgan fingerprint density at radius 3 is 2.05 bits per heavy atom. The summed E-state index contributed by atoms with van der Waals surface area (Å²) in [5.41, 5.74) is 5.04. The highest BCUT2D eigenvalue weighted by Crippen LogP contribution is 2.38. The molecule has 2 heteroatoms. The molecule has 0 atom stereocenters. The van der Waals surface area contributed by atoms with E-state index >= 15 is 0 Å². The van der Waals surface area contributed by atoms with Crippen LogP contribution in [-0.2, 0) is 19.3 Å². The van der Waals surface area contributed by atoms with Gasteiger partial charge >= 0.3 is 0 Å². The fraction of sp³-hybridized carbons (Fsp3) is 0.333. The largest absolute Gasteiger partial charge is 0.508 e. The van der Waals surface area contributed by atoms with Crippen molar-refractivity contribution in [1.82, 2.24) is 0 Å². The molecule has 0 bridgehead atoms. The summed E-state index contributed by atoms with van der Waals surface area (Å²) < 4.78 is 0. The average Bonchev–Trinajstić information content (AvgIpc) is 2.48. The lowest BCUT2D eigenvalue weighted by molar-refractivity contribution is 0.456. The predicted octanol–water partition coefficient (Wildman–Crippen LogP) is 4.45. The zero-order chi connectivity index (χ0) is 14.7. The maximum atomic E-state index is 10.3. The van der Waals surface area contributed by atoms with Crippen LogP contribution in [0, 0.1) is 0 Å². The van der Waals surface area contributed by atoms with E-state index in [9.17, 15) is 10.2 Å². The Labute approximate surface area is 120 Å². The number of phenols is 2. The van der Waals surface area contributed by atoms with Gasteiger partial charge in [-0.15, -0.1) is 0 Å². The lowest BCUT2D eigenvalue weighted by Gasteiger charge is -2.15. The Balaban J connectivity index is 2.65. The summed E-state index contributed by atoms with van der Waals surface area (Å²) in [5, 5.41) is 20.3. The zero-order valence-corrected chi connectivity index (χ0v) is 12.4. The van der Waals surface area contributed by atoms with Gasteiger partial charge in [-0.2, -0.15) is 0 Å². The smallest absolute Gasteiger partial charge is 0.123 e. The molecular weight excluding hydrogens is 248 g/mol. The number of hydrogen-bond donors (Lipinski definition) is 2. The van der Waals surface area contributed by atoms with Gasteiger partial charge in [-0.3, -0.25) is 0 Å². The molecule has 0 spiro atoms. The first-order valence-electron chi connectivity index (χ1n) is 7.28. The highest BCUT2D eigenvalue weighted by molar-refractivity contribution is 5.76. The van der Waals surface area contributed by atoms with Crippen LogP contribution in [-0.4, -0.2) is 10.2 Å². The molecule has 0 fully saturated rings. The summed E-state index contributed by atoms with van der Waals surface area (Å²) in [6.07, 6.45) is 2.58. The standard InChI is InChI=1S/C18H22O2/c1-4-12-8-7-9-15(14(12)6-3)16-11-17(19)13(5-2)10-18(16)20/h7-11,19-20H,4-6H2,1-3H3. The fourth-order valence-electron chi connectivity index (χ4n) is 2.75. The SMILES string of the molecule is CCc1cc(O)c(-c2cccc(CC)c2CC)cc1O. The lowest BCUT2D eigenvalue weighted by Crippen LogP contribution is -1.95. The molecule has 0 aliphatic carbocycles. The quantitative estimate of drug-likeness (QED) is 0.806. The second kappa shape index (κ2) is 6.00. The van der Waals surface area contributed by atoms with Crippen molar-refractivity contribution in [2.45, 2.75) is 40.0 Å². The lowest BCUT2D eigenvalue weighted by atomic mass is 9.91. The topological polar surface area (TPSA) is 40.5 Å². The summed E-state index contributed by atoms with van der Waals surface area (Å²) in [4.78, 5) is 0. The molecule has 0 aliphatic rings. The molecule has 2 aromatic rings. The molecule has 20 heavy (non-hydrogen) atoms. The molecule has 0 aliphatic heterocycles. The third-order valence-electron chi connectivity index (χ3n) is 3.88. The highest BCUT2D eigenvalue weighted by Gasteiger charge is 2.13. The van der Waals surface area contributed by atoms with Gasteiger partial charge in [0.25, 0.3) is 0 Å². The molecule has 2 N–H and O–H groups in total. The van der Waals surface area contributed by atoms with Crippen LogP contribution in [0.25, 0.3) is 11.1 Å². The van der Waals surface area contributed by atoms with E-state index in [1.54, 1.807) is 12.1 Å². The van der Waals surface area contributed by atoms with Crippen LogP contribution in [0.2, 0.25) is 0 Å². The van der Waals surface area contributed by atoms with Crippen molar-refractivity contribution in [3.05, 3.63) is 47.0 Å². The zero-order valence-electron chi connectivity index (χ0n) is 12.4. The van der Waals surface area contributed by atoms with Crippen LogP contribution in [0.3, 0.4) is 0 Å². The number of rotatable bonds is 4. The van der Waals surface area contributed by atoms with Crippen molar-refractivity contribution in [1.29, 1.82) is 0 Å². The first kappa shape index (κ1) is 14.4. The first-order valence-corrected chi connectivity index (χ1v) is 7.28. The predicted molar refractivity (Wildman–Crippen MR) is 83.3 cm³/mol. The van der Waals surface area contributed by atoms with Gasteiger partial charge in [0, 0.05) is 5.56 Å². The van der Waals surface area contributed by atoms with Crippen molar-refractivity contribution in [3.8, 4) is 22.6 Å². The maximum Gasteiger partial charge on any atom is 0.123 e. The van der Waals surface area contributed by atoms with E-state index in [0.717, 1.165) is 24.0 Å². The van der Waals surface area contributed by atoms with Crippen molar-refractivity contribution in [3.63, 3.8) is 0 Å². The Hall–Kier alpha value is -1.96. The van der Waals surface area contributed by atoms with Gasteiger partial charge in [0.15, 0.2) is 0 Å². The molecule has 2 nitrogen and oxygen atoms in total. The van der Waals surface area contributed by atoms with E-state index in [0.29, 0.717) is 12.0 Å². The van der Waals surface area contributed by atoms with E-state index < -0.39 is 0 Å². The molecular formula is C18H22O2. The van der Waals surface area contributed by atoms with E-state index in [2.05, 4.69) is 19.9 Å². The van der Waals surface area contributed by atoms with E-state index in [-0.39, 0.29) is 11.5 Å². The number of phenolic OH excluding ortho intramolecular Hbond substituents is 2. The van der Waals surface area contributed by atoms with Crippen LogP contribution >= 0.6 is 0 Å². The van der Waals surface area contributed by atoms with Crippen LogP contribution in [0.15, 0.2) is 30.3 Å². The van der Waals surface area contributed by atoms with Gasteiger partial charge in [-0.1, -0.05) is 39.0 Å². The number of hydrogen-bond acceptors (Lipinski definition) is 2. The molecule has 0 amide bonds. The second-order valence-electron chi connectivity index (χ2n) is 5.00. The summed E-state index contributed by atoms with van der Waals surface area (Å²) >= 11 is 0. The Morgan fingerprint density at radius 1 is 0.750 bits per heavy atom. The van der Waals surface area contributed by atoms with Crippen LogP contribution < -0.4 is 0 Å².